The number of nitriles is 1. The Kier molecular flexibility index (Phi) is 6.69. The van der Waals surface area contributed by atoms with Gasteiger partial charge in [-0.25, -0.2) is 9.78 Å². The van der Waals surface area contributed by atoms with Gasteiger partial charge in [-0.05, 0) is 44.2 Å². The van der Waals surface area contributed by atoms with Crippen LogP contribution in [0.4, 0.5) is 0 Å². The predicted octanol–water partition coefficient (Wildman–Crippen LogP) is 4.41. The molecule has 0 aliphatic heterocycles. The van der Waals surface area contributed by atoms with Crippen LogP contribution in [0.15, 0.2) is 52.7 Å². The number of aromatic nitrogens is 3. The number of carbonyl (C=O) groups is 1. The molecule has 0 amide bonds. The summed E-state index contributed by atoms with van der Waals surface area (Å²) < 4.78 is 21.5. The van der Waals surface area contributed by atoms with Gasteiger partial charge in [-0.1, -0.05) is 17.3 Å². The summed E-state index contributed by atoms with van der Waals surface area (Å²) in [6.07, 6.45) is 0. The number of imidazole rings is 1. The summed E-state index contributed by atoms with van der Waals surface area (Å²) in [5.41, 5.74) is 2.98. The molecule has 10 nitrogen and oxygen atoms in total. The number of carbonyl (C=O) groups excluding carboxylic acids is 1. The van der Waals surface area contributed by atoms with E-state index in [1.807, 2.05) is 25.1 Å². The lowest BCUT2D eigenvalue weighted by molar-refractivity contribution is 0.0502. The van der Waals surface area contributed by atoms with E-state index < -0.39 is 18.3 Å². The van der Waals surface area contributed by atoms with Crippen LogP contribution in [0.3, 0.4) is 0 Å². The number of aliphatic hydroxyl groups is 1. The summed E-state index contributed by atoms with van der Waals surface area (Å²) in [6, 6.07) is 13.7. The lowest BCUT2D eigenvalue weighted by Gasteiger charge is -2.12. The number of H-pyrrole nitrogens is 1. The van der Waals surface area contributed by atoms with Crippen molar-refractivity contribution in [3.05, 3.63) is 76.6 Å². The van der Waals surface area contributed by atoms with Crippen molar-refractivity contribution < 1.29 is 28.6 Å². The van der Waals surface area contributed by atoms with Crippen molar-refractivity contribution >= 4 is 22.6 Å². The smallest absolute Gasteiger partial charge is 0.338 e. The van der Waals surface area contributed by atoms with Crippen molar-refractivity contribution in [2.75, 3.05) is 13.7 Å². The first kappa shape index (κ1) is 23.4. The highest BCUT2D eigenvalue weighted by atomic mass is 16.5. The maximum atomic E-state index is 12.6. The van der Waals surface area contributed by atoms with Gasteiger partial charge in [0.2, 0.25) is 0 Å². The molecule has 0 aliphatic carbocycles. The zero-order chi connectivity index (χ0) is 24.9. The van der Waals surface area contributed by atoms with Crippen molar-refractivity contribution in [1.82, 2.24) is 15.1 Å². The fourth-order valence-electron chi connectivity index (χ4n) is 3.39. The summed E-state index contributed by atoms with van der Waals surface area (Å²) in [6.45, 7) is 3.33. The number of aromatic amines is 1. The molecule has 178 valence electrons. The van der Waals surface area contributed by atoms with E-state index >= 15 is 0 Å². The lowest BCUT2D eigenvalue weighted by Crippen LogP contribution is -2.10. The van der Waals surface area contributed by atoms with Crippen LogP contribution in [0.25, 0.3) is 16.6 Å². The van der Waals surface area contributed by atoms with Crippen LogP contribution in [0, 0.1) is 25.2 Å². The number of aliphatic hydroxyl groups excluding tert-OH is 1. The molecule has 0 saturated carbocycles. The zero-order valence-electron chi connectivity index (χ0n) is 19.3. The molecule has 0 bridgehead atoms. The molecule has 35 heavy (non-hydrogen) atoms. The minimum atomic E-state index is -0.714. The van der Waals surface area contributed by atoms with E-state index in [9.17, 15) is 15.2 Å². The SMILES string of the molecule is COc1cc(C(=O)OCC(O)=C(C#N)c2nc3ccccc3[nH]2)ccc1OCc1c(C)noc1C. The molecule has 0 saturated heterocycles. The van der Waals surface area contributed by atoms with Gasteiger partial charge in [-0.2, -0.15) is 5.26 Å². The van der Waals surface area contributed by atoms with Gasteiger partial charge in [0.25, 0.3) is 0 Å². The van der Waals surface area contributed by atoms with Crippen LogP contribution in [0.1, 0.15) is 33.2 Å². The van der Waals surface area contributed by atoms with Crippen LogP contribution < -0.4 is 9.47 Å². The number of fused-ring (bicyclic) bond motifs is 1. The number of aryl methyl sites for hydroxylation is 2. The molecule has 4 aromatic rings. The van der Waals surface area contributed by atoms with E-state index in [1.54, 1.807) is 25.1 Å². The third-order valence-corrected chi connectivity index (χ3v) is 5.32. The molecule has 2 heterocycles. The number of benzene rings is 2. The topological polar surface area (TPSA) is 143 Å². The molecular weight excluding hydrogens is 452 g/mol. The third-order valence-electron chi connectivity index (χ3n) is 5.32. The predicted molar refractivity (Wildman–Crippen MR) is 125 cm³/mol. The van der Waals surface area contributed by atoms with Crippen molar-refractivity contribution in [3.63, 3.8) is 0 Å². The number of rotatable bonds is 8. The Balaban J connectivity index is 1.45. The fourth-order valence-corrected chi connectivity index (χ4v) is 3.39. The van der Waals surface area contributed by atoms with E-state index in [1.165, 1.54) is 19.2 Å². The molecule has 0 unspecified atom stereocenters. The quantitative estimate of drug-likeness (QED) is 0.216. The Bertz CT molecular complexity index is 1410. The minimum absolute atomic E-state index is 0.116. The number of esters is 1. The normalized spacial score (nSPS) is 11.6. The van der Waals surface area contributed by atoms with Gasteiger partial charge in [0.05, 0.1) is 35.0 Å². The Labute approximate surface area is 200 Å². The molecule has 2 N–H and O–H groups in total. The second-order valence-electron chi connectivity index (χ2n) is 7.57. The minimum Gasteiger partial charge on any atom is -0.507 e. The van der Waals surface area contributed by atoms with Crippen LogP contribution in [-0.2, 0) is 11.3 Å². The number of methoxy groups -OCH3 is 1. The molecular formula is C25H22N4O6. The van der Waals surface area contributed by atoms with Crippen molar-refractivity contribution in [2.45, 2.75) is 20.5 Å². The summed E-state index contributed by atoms with van der Waals surface area (Å²) in [4.78, 5) is 19.8. The second-order valence-corrected chi connectivity index (χ2v) is 7.57. The van der Waals surface area contributed by atoms with E-state index in [-0.39, 0.29) is 23.6 Å². The van der Waals surface area contributed by atoms with Gasteiger partial charge in [0.1, 0.15) is 30.6 Å². The van der Waals surface area contributed by atoms with Gasteiger partial charge in [0, 0.05) is 0 Å². The van der Waals surface area contributed by atoms with Crippen molar-refractivity contribution in [1.29, 1.82) is 5.26 Å². The summed E-state index contributed by atoms with van der Waals surface area (Å²) in [7, 11) is 1.45. The summed E-state index contributed by atoms with van der Waals surface area (Å²) in [5.74, 6) is 0.451. The second kappa shape index (κ2) is 10.0. The Morgan fingerprint density at radius 3 is 2.69 bits per heavy atom. The van der Waals surface area contributed by atoms with E-state index in [4.69, 9.17) is 18.7 Å². The molecule has 0 spiro atoms. The van der Waals surface area contributed by atoms with Crippen molar-refractivity contribution in [2.24, 2.45) is 0 Å². The van der Waals surface area contributed by atoms with Crippen LogP contribution in [0.2, 0.25) is 0 Å². The Morgan fingerprint density at radius 1 is 1.20 bits per heavy atom. The van der Waals surface area contributed by atoms with Crippen molar-refractivity contribution in [3.8, 4) is 17.6 Å². The van der Waals surface area contributed by atoms with Crippen LogP contribution in [-0.4, -0.2) is 39.9 Å². The number of para-hydroxylation sites is 2. The third kappa shape index (κ3) is 4.94. The first-order valence-electron chi connectivity index (χ1n) is 10.6. The van der Waals surface area contributed by atoms with E-state index in [0.717, 1.165) is 11.3 Å². The largest absolute Gasteiger partial charge is 0.507 e. The highest BCUT2D eigenvalue weighted by Crippen LogP contribution is 2.30. The summed E-state index contributed by atoms with van der Waals surface area (Å²) >= 11 is 0. The highest BCUT2D eigenvalue weighted by Gasteiger charge is 2.18. The average Bonchev–Trinajstić information content (AvgIpc) is 3.43. The average molecular weight is 474 g/mol. The van der Waals surface area contributed by atoms with Gasteiger partial charge >= 0.3 is 5.97 Å². The van der Waals surface area contributed by atoms with Gasteiger partial charge in [-0.3, -0.25) is 0 Å². The lowest BCUT2D eigenvalue weighted by atomic mass is 10.2. The molecule has 0 radical (unpaired) electrons. The molecule has 4 rings (SSSR count). The Hall–Kier alpha value is -4.78. The monoisotopic (exact) mass is 474 g/mol. The zero-order valence-corrected chi connectivity index (χ0v) is 19.3. The number of ether oxygens (including phenoxy) is 3. The molecule has 0 aliphatic rings. The molecule has 2 aromatic heterocycles. The molecule has 0 fully saturated rings. The standard InChI is InChI=1S/C25H22N4O6/c1-14-18(15(2)35-29-14)12-33-22-9-8-16(10-23(22)32-3)25(31)34-13-21(30)17(11-26)24-27-19-6-4-5-7-20(19)28-24/h4-10,30H,12-13H2,1-3H3,(H,27,28). The molecule has 2 aromatic carbocycles. The number of allylic oxidation sites excluding steroid dienone is 1. The fraction of sp³-hybridized carbons (Fsp3) is 0.200. The molecule has 0 atom stereocenters. The first-order valence-corrected chi connectivity index (χ1v) is 10.6. The van der Waals surface area contributed by atoms with E-state index in [2.05, 4.69) is 15.1 Å². The van der Waals surface area contributed by atoms with Crippen LogP contribution >= 0.6 is 0 Å². The van der Waals surface area contributed by atoms with Gasteiger partial charge in [0.15, 0.2) is 23.1 Å². The van der Waals surface area contributed by atoms with Crippen LogP contribution in [0.5, 0.6) is 11.5 Å². The number of nitrogens with one attached hydrogen (secondary N) is 1. The first-order chi connectivity index (χ1) is 16.9. The summed E-state index contributed by atoms with van der Waals surface area (Å²) in [5, 5.41) is 23.8. The number of hydrogen-bond acceptors (Lipinski definition) is 9. The Morgan fingerprint density at radius 2 is 2.00 bits per heavy atom. The number of nitrogens with zero attached hydrogens (tertiary/aromatic N) is 3. The van der Waals surface area contributed by atoms with E-state index in [0.29, 0.717) is 28.3 Å². The highest BCUT2D eigenvalue weighted by molar-refractivity contribution is 5.90. The maximum absolute atomic E-state index is 12.6. The maximum Gasteiger partial charge on any atom is 0.338 e. The van der Waals surface area contributed by atoms with Gasteiger partial charge < -0.3 is 28.8 Å². The molecule has 10 heteroatoms. The van der Waals surface area contributed by atoms with Gasteiger partial charge in [-0.15, -0.1) is 0 Å². The number of hydrogen-bond donors (Lipinski definition) is 2.